The maximum absolute atomic E-state index is 13.9. The first-order chi connectivity index (χ1) is 19.4. The molecule has 2 aliphatic rings. The Kier molecular flexibility index (Phi) is 7.48. The van der Waals surface area contributed by atoms with Gasteiger partial charge in [0, 0.05) is 18.7 Å². The minimum atomic E-state index is -3.77. The second-order valence-corrected chi connectivity index (χ2v) is 12.8. The number of aromatic nitrogens is 1. The number of ether oxygens (including phenoxy) is 2. The molecular weight excluding hydrogens is 546 g/mol. The van der Waals surface area contributed by atoms with Gasteiger partial charge in [-0.15, -0.1) is 0 Å². The number of aryl methyl sites for hydroxylation is 1. The van der Waals surface area contributed by atoms with E-state index < -0.39 is 10.0 Å². The molecule has 1 fully saturated rings. The van der Waals surface area contributed by atoms with E-state index in [1.807, 2.05) is 49.4 Å². The van der Waals surface area contributed by atoms with Crippen molar-refractivity contribution in [2.75, 3.05) is 35.5 Å². The average Bonchev–Trinajstić information content (AvgIpc) is 3.65. The van der Waals surface area contributed by atoms with Gasteiger partial charge in [0.15, 0.2) is 5.13 Å². The van der Waals surface area contributed by atoms with Crippen molar-refractivity contribution in [1.82, 2.24) is 4.98 Å². The molecule has 4 aromatic rings. The van der Waals surface area contributed by atoms with Crippen LogP contribution in [0.15, 0.2) is 71.6 Å². The highest BCUT2D eigenvalue weighted by Gasteiger charge is 2.30. The lowest BCUT2D eigenvalue weighted by Gasteiger charge is -2.30. The van der Waals surface area contributed by atoms with E-state index in [-0.39, 0.29) is 16.9 Å². The lowest BCUT2D eigenvalue weighted by atomic mass is 10.0. The Morgan fingerprint density at radius 1 is 1.12 bits per heavy atom. The van der Waals surface area contributed by atoms with Crippen LogP contribution in [-0.2, 0) is 21.2 Å². The average molecular weight is 578 g/mol. The van der Waals surface area contributed by atoms with Crippen molar-refractivity contribution in [3.05, 3.63) is 77.9 Å². The summed E-state index contributed by atoms with van der Waals surface area (Å²) in [4.78, 5) is 20.4. The molecule has 3 heterocycles. The van der Waals surface area contributed by atoms with Gasteiger partial charge in [0.25, 0.3) is 15.9 Å². The monoisotopic (exact) mass is 577 g/mol. The minimum absolute atomic E-state index is 0.0752. The standard InChI is InChI=1S/C30H31N3O5S2/c1-2-37-23-13-16-26-28(19-23)39-30(31-26)32(20-24-9-6-18-38-24)29(34)22-11-14-25(15-12-22)40(35,36)33-17-5-8-21-7-3-4-10-27(21)33/h3-4,7,10-16,19,24H,2,5-6,8-9,17-18,20H2,1H3. The molecule has 0 radical (unpaired) electrons. The molecule has 1 unspecified atom stereocenters. The van der Waals surface area contributed by atoms with E-state index in [2.05, 4.69) is 0 Å². The third kappa shape index (κ3) is 5.18. The first kappa shape index (κ1) is 26.7. The van der Waals surface area contributed by atoms with E-state index >= 15 is 0 Å². The second kappa shape index (κ2) is 11.2. The van der Waals surface area contributed by atoms with Crippen molar-refractivity contribution in [2.24, 2.45) is 0 Å². The molecule has 0 saturated carbocycles. The summed E-state index contributed by atoms with van der Waals surface area (Å²) >= 11 is 1.43. The van der Waals surface area contributed by atoms with Crippen LogP contribution < -0.4 is 13.9 Å². The number of nitrogens with zero attached hydrogens (tertiary/aromatic N) is 3. The van der Waals surface area contributed by atoms with Crippen LogP contribution in [0.25, 0.3) is 10.2 Å². The molecule has 2 aliphatic heterocycles. The molecule has 1 saturated heterocycles. The van der Waals surface area contributed by atoms with Crippen LogP contribution in [0.2, 0.25) is 0 Å². The van der Waals surface area contributed by atoms with Gasteiger partial charge in [0.05, 0.1) is 40.1 Å². The van der Waals surface area contributed by atoms with Gasteiger partial charge in [-0.2, -0.15) is 0 Å². The number of anilines is 2. The number of carbonyl (C=O) groups excluding carboxylic acids is 1. The Bertz CT molecular complexity index is 1630. The predicted octanol–water partition coefficient (Wildman–Crippen LogP) is 5.66. The van der Waals surface area contributed by atoms with Gasteiger partial charge in [-0.25, -0.2) is 13.4 Å². The molecule has 3 aromatic carbocycles. The number of carbonyl (C=O) groups is 1. The summed E-state index contributed by atoms with van der Waals surface area (Å²) < 4.78 is 41.1. The van der Waals surface area contributed by atoms with Crippen LogP contribution in [0, 0.1) is 0 Å². The Hall–Kier alpha value is -3.47. The van der Waals surface area contributed by atoms with Crippen LogP contribution in [0.5, 0.6) is 5.75 Å². The normalized spacial score (nSPS) is 17.1. The number of rotatable bonds is 8. The Morgan fingerprint density at radius 2 is 1.95 bits per heavy atom. The van der Waals surface area contributed by atoms with Crippen LogP contribution in [0.3, 0.4) is 0 Å². The molecule has 6 rings (SSSR count). The molecule has 1 aromatic heterocycles. The van der Waals surface area contributed by atoms with Gasteiger partial charge in [0.2, 0.25) is 0 Å². The lowest BCUT2D eigenvalue weighted by molar-refractivity contribution is 0.0917. The summed E-state index contributed by atoms with van der Waals surface area (Å²) in [6, 6.07) is 19.6. The molecule has 40 heavy (non-hydrogen) atoms. The van der Waals surface area contributed by atoms with Crippen LogP contribution in [0.1, 0.15) is 42.1 Å². The predicted molar refractivity (Wildman–Crippen MR) is 157 cm³/mol. The number of hydrogen-bond donors (Lipinski definition) is 0. The zero-order valence-electron chi connectivity index (χ0n) is 22.3. The molecule has 8 nitrogen and oxygen atoms in total. The summed E-state index contributed by atoms with van der Waals surface area (Å²) in [5.41, 5.74) is 2.93. The third-order valence-corrected chi connectivity index (χ3v) is 10.2. The van der Waals surface area contributed by atoms with E-state index in [1.165, 1.54) is 27.8 Å². The van der Waals surface area contributed by atoms with E-state index in [9.17, 15) is 13.2 Å². The molecule has 0 spiro atoms. The molecular formula is C30H31N3O5S2. The first-order valence-corrected chi connectivity index (χ1v) is 15.9. The highest BCUT2D eigenvalue weighted by atomic mass is 32.2. The Morgan fingerprint density at radius 3 is 2.73 bits per heavy atom. The van der Waals surface area contributed by atoms with Crippen molar-refractivity contribution in [3.8, 4) is 5.75 Å². The Labute approximate surface area is 238 Å². The van der Waals surface area contributed by atoms with Crippen molar-refractivity contribution in [2.45, 2.75) is 43.6 Å². The Balaban J connectivity index is 1.29. The SMILES string of the molecule is CCOc1ccc2nc(N(CC3CCCO3)C(=O)c3ccc(S(=O)(=O)N4CCCc5ccccc54)cc3)sc2c1. The summed E-state index contributed by atoms with van der Waals surface area (Å²) in [6.07, 6.45) is 3.37. The van der Waals surface area contributed by atoms with Crippen LogP contribution in [-0.4, -0.2) is 51.7 Å². The van der Waals surface area contributed by atoms with Gasteiger partial charge >= 0.3 is 0 Å². The topological polar surface area (TPSA) is 89.0 Å². The number of para-hydroxylation sites is 1. The van der Waals surface area contributed by atoms with Crippen molar-refractivity contribution in [3.63, 3.8) is 0 Å². The number of thiazole rings is 1. The highest BCUT2D eigenvalue weighted by Crippen LogP contribution is 2.34. The zero-order valence-corrected chi connectivity index (χ0v) is 23.9. The number of amides is 1. The summed E-state index contributed by atoms with van der Waals surface area (Å²) in [5, 5.41) is 0.575. The molecule has 0 bridgehead atoms. The van der Waals surface area contributed by atoms with E-state index in [0.29, 0.717) is 37.0 Å². The molecule has 1 amide bonds. The van der Waals surface area contributed by atoms with Gasteiger partial charge in [0.1, 0.15) is 5.75 Å². The fourth-order valence-electron chi connectivity index (χ4n) is 5.31. The largest absolute Gasteiger partial charge is 0.494 e. The number of sulfonamides is 1. The number of benzene rings is 3. The van der Waals surface area contributed by atoms with E-state index in [4.69, 9.17) is 14.5 Å². The van der Waals surface area contributed by atoms with Crippen molar-refractivity contribution in [1.29, 1.82) is 0 Å². The molecule has 208 valence electrons. The quantitative estimate of drug-likeness (QED) is 0.268. The summed E-state index contributed by atoms with van der Waals surface area (Å²) in [7, 11) is -3.77. The minimum Gasteiger partial charge on any atom is -0.494 e. The fraction of sp³-hybridized carbons (Fsp3) is 0.333. The molecule has 0 N–H and O–H groups in total. The maximum atomic E-state index is 13.9. The zero-order chi connectivity index (χ0) is 27.7. The fourth-order valence-corrected chi connectivity index (χ4v) is 7.85. The number of fused-ring (bicyclic) bond motifs is 2. The first-order valence-electron chi connectivity index (χ1n) is 13.6. The van der Waals surface area contributed by atoms with Gasteiger partial charge < -0.3 is 9.47 Å². The molecule has 0 aliphatic carbocycles. The smallest absolute Gasteiger partial charge is 0.264 e. The second-order valence-electron chi connectivity index (χ2n) is 9.94. The van der Waals surface area contributed by atoms with E-state index in [1.54, 1.807) is 17.0 Å². The van der Waals surface area contributed by atoms with Gasteiger partial charge in [-0.3, -0.25) is 14.0 Å². The summed E-state index contributed by atoms with van der Waals surface area (Å²) in [6.45, 7) is 3.98. The van der Waals surface area contributed by atoms with Gasteiger partial charge in [-0.05, 0) is 86.7 Å². The van der Waals surface area contributed by atoms with Crippen molar-refractivity contribution >= 4 is 48.3 Å². The molecule has 1 atom stereocenters. The van der Waals surface area contributed by atoms with Gasteiger partial charge in [-0.1, -0.05) is 29.5 Å². The van der Waals surface area contributed by atoms with Crippen LogP contribution >= 0.6 is 11.3 Å². The van der Waals surface area contributed by atoms with E-state index in [0.717, 1.165) is 52.9 Å². The number of hydrogen-bond acceptors (Lipinski definition) is 7. The third-order valence-electron chi connectivity index (χ3n) is 7.30. The van der Waals surface area contributed by atoms with Crippen molar-refractivity contribution < 1.29 is 22.7 Å². The highest BCUT2D eigenvalue weighted by molar-refractivity contribution is 7.92. The summed E-state index contributed by atoms with van der Waals surface area (Å²) in [5.74, 6) is 0.516. The lowest BCUT2D eigenvalue weighted by Crippen LogP contribution is -2.37. The molecule has 10 heteroatoms. The van der Waals surface area contributed by atoms with Crippen LogP contribution in [0.4, 0.5) is 10.8 Å². The maximum Gasteiger partial charge on any atom is 0.264 e.